The van der Waals surface area contributed by atoms with Gasteiger partial charge in [-0.15, -0.1) is 0 Å². The molecule has 0 saturated heterocycles. The zero-order valence-electron chi connectivity index (χ0n) is 15.8. The summed E-state index contributed by atoms with van der Waals surface area (Å²) < 4.78 is 5.72. The number of rotatable bonds is 7. The average Bonchev–Trinajstić information content (AvgIpc) is 2.74. The van der Waals surface area contributed by atoms with E-state index in [1.807, 2.05) is 43.3 Å². The first-order valence-corrected chi connectivity index (χ1v) is 8.94. The molecule has 0 aliphatic carbocycles. The third kappa shape index (κ3) is 5.77. The van der Waals surface area contributed by atoms with Gasteiger partial charge in [-0.1, -0.05) is 54.1 Å². The van der Waals surface area contributed by atoms with E-state index in [9.17, 15) is 14.7 Å². The molecule has 0 aliphatic heterocycles. The number of hydrazone groups is 1. The molecule has 0 aliphatic rings. The van der Waals surface area contributed by atoms with Gasteiger partial charge in [0.15, 0.2) is 0 Å². The number of carboxylic acids is 1. The van der Waals surface area contributed by atoms with Crippen LogP contribution in [0.25, 0.3) is 0 Å². The van der Waals surface area contributed by atoms with Crippen molar-refractivity contribution < 1.29 is 19.4 Å². The first-order chi connectivity index (χ1) is 14.0. The number of nitrogens with zero attached hydrogens (tertiary/aromatic N) is 1. The maximum absolute atomic E-state index is 12.2. The van der Waals surface area contributed by atoms with E-state index in [2.05, 4.69) is 10.5 Å². The van der Waals surface area contributed by atoms with Crippen molar-refractivity contribution in [3.8, 4) is 5.75 Å². The molecule has 3 rings (SSSR count). The standard InChI is InChI=1S/C23H20N2O4/c1-16-2-12-21(13-3-16)29-15-18-6-8-19(9-7-18)22(26)25-24-14-17-4-10-20(11-5-17)23(27)28/h2-14H,15H2,1H3,(H,25,26)(H,27,28)/p-1. The molecule has 0 bridgehead atoms. The van der Waals surface area contributed by atoms with Crippen molar-refractivity contribution >= 4 is 18.1 Å². The molecule has 6 nitrogen and oxygen atoms in total. The average molecular weight is 387 g/mol. The van der Waals surface area contributed by atoms with Crippen molar-refractivity contribution in [1.82, 2.24) is 5.43 Å². The number of benzene rings is 3. The van der Waals surface area contributed by atoms with Gasteiger partial charge in [0.25, 0.3) is 5.91 Å². The Morgan fingerprint density at radius 3 is 2.17 bits per heavy atom. The molecule has 0 saturated carbocycles. The monoisotopic (exact) mass is 387 g/mol. The SMILES string of the molecule is Cc1ccc(OCc2ccc(C(=O)NN=Cc3ccc(C(=O)[O-])cc3)cc2)cc1. The highest BCUT2D eigenvalue weighted by Gasteiger charge is 2.04. The maximum atomic E-state index is 12.2. The molecule has 0 radical (unpaired) electrons. The van der Waals surface area contributed by atoms with Crippen molar-refractivity contribution in [2.45, 2.75) is 13.5 Å². The number of aromatic carboxylic acids is 1. The molecule has 0 heterocycles. The van der Waals surface area contributed by atoms with E-state index in [0.29, 0.717) is 17.7 Å². The second-order valence-electron chi connectivity index (χ2n) is 6.41. The summed E-state index contributed by atoms with van der Waals surface area (Å²) in [6, 6.07) is 20.8. The molecule has 0 spiro atoms. The normalized spacial score (nSPS) is 10.7. The molecule has 3 aromatic carbocycles. The summed E-state index contributed by atoms with van der Waals surface area (Å²) in [4.78, 5) is 22.9. The van der Waals surface area contributed by atoms with Gasteiger partial charge in [-0.05, 0) is 47.9 Å². The smallest absolute Gasteiger partial charge is 0.271 e. The molecule has 146 valence electrons. The van der Waals surface area contributed by atoms with Crippen LogP contribution in [0.3, 0.4) is 0 Å². The highest BCUT2D eigenvalue weighted by atomic mass is 16.5. The van der Waals surface area contributed by atoms with Crippen LogP contribution in [-0.4, -0.2) is 18.1 Å². The zero-order valence-corrected chi connectivity index (χ0v) is 15.8. The molecule has 3 aromatic rings. The fourth-order valence-corrected chi connectivity index (χ4v) is 2.49. The predicted octanol–water partition coefficient (Wildman–Crippen LogP) is 2.70. The van der Waals surface area contributed by atoms with E-state index in [4.69, 9.17) is 4.74 Å². The van der Waals surface area contributed by atoms with Gasteiger partial charge in [0.05, 0.1) is 12.2 Å². The summed E-state index contributed by atoms with van der Waals surface area (Å²) >= 11 is 0. The first-order valence-electron chi connectivity index (χ1n) is 8.94. The lowest BCUT2D eigenvalue weighted by Crippen LogP contribution is -2.22. The van der Waals surface area contributed by atoms with E-state index in [0.717, 1.165) is 11.3 Å². The molecule has 1 amide bonds. The van der Waals surface area contributed by atoms with Crippen LogP contribution >= 0.6 is 0 Å². The van der Waals surface area contributed by atoms with E-state index >= 15 is 0 Å². The van der Waals surface area contributed by atoms with Gasteiger partial charge in [0.2, 0.25) is 0 Å². The Kier molecular flexibility index (Phi) is 6.37. The van der Waals surface area contributed by atoms with Crippen molar-refractivity contribution in [3.63, 3.8) is 0 Å². The number of ether oxygens (including phenoxy) is 1. The van der Waals surface area contributed by atoms with Crippen LogP contribution in [0.5, 0.6) is 5.75 Å². The van der Waals surface area contributed by atoms with Crippen LogP contribution in [0, 0.1) is 6.92 Å². The van der Waals surface area contributed by atoms with E-state index in [1.54, 1.807) is 24.3 Å². The molecule has 0 unspecified atom stereocenters. The number of carbonyl (C=O) groups excluding carboxylic acids is 2. The molecule has 0 fully saturated rings. The van der Waals surface area contributed by atoms with Gasteiger partial charge < -0.3 is 14.6 Å². The largest absolute Gasteiger partial charge is 0.545 e. The van der Waals surface area contributed by atoms with Crippen LogP contribution < -0.4 is 15.3 Å². The van der Waals surface area contributed by atoms with Gasteiger partial charge in [-0.25, -0.2) is 5.43 Å². The first kappa shape index (κ1) is 19.8. The van der Waals surface area contributed by atoms with Gasteiger partial charge >= 0.3 is 0 Å². The summed E-state index contributed by atoms with van der Waals surface area (Å²) in [5, 5.41) is 14.6. The third-order valence-electron chi connectivity index (χ3n) is 4.17. The number of carboxylic acid groups (broad SMARTS) is 1. The molecule has 0 aromatic heterocycles. The Balaban J connectivity index is 1.51. The molecule has 6 heteroatoms. The number of carbonyl (C=O) groups is 2. The van der Waals surface area contributed by atoms with Crippen LogP contribution in [0.1, 0.15) is 37.4 Å². The Morgan fingerprint density at radius 2 is 1.55 bits per heavy atom. The highest BCUT2D eigenvalue weighted by Crippen LogP contribution is 2.14. The van der Waals surface area contributed by atoms with Crippen molar-refractivity contribution in [2.75, 3.05) is 0 Å². The van der Waals surface area contributed by atoms with Gasteiger partial charge in [-0.2, -0.15) is 5.10 Å². The van der Waals surface area contributed by atoms with Crippen LogP contribution in [0.15, 0.2) is 77.9 Å². The second kappa shape index (κ2) is 9.32. The topological polar surface area (TPSA) is 90.8 Å². The minimum Gasteiger partial charge on any atom is -0.545 e. The predicted molar refractivity (Wildman–Crippen MR) is 108 cm³/mol. The summed E-state index contributed by atoms with van der Waals surface area (Å²) in [5.74, 6) is -0.799. The minimum atomic E-state index is -1.24. The van der Waals surface area contributed by atoms with Crippen LogP contribution in [0.4, 0.5) is 0 Å². The minimum absolute atomic E-state index is 0.0811. The Bertz CT molecular complexity index is 1010. The molecular formula is C23H19N2O4-. The lowest BCUT2D eigenvalue weighted by molar-refractivity contribution is -0.255. The van der Waals surface area contributed by atoms with Crippen molar-refractivity contribution in [2.24, 2.45) is 5.10 Å². The number of amides is 1. The highest BCUT2D eigenvalue weighted by molar-refractivity contribution is 5.95. The number of aryl methyl sites for hydroxylation is 1. The van der Waals surface area contributed by atoms with Gasteiger partial charge in [0.1, 0.15) is 12.4 Å². The van der Waals surface area contributed by atoms with Crippen molar-refractivity contribution in [1.29, 1.82) is 0 Å². The summed E-state index contributed by atoms with van der Waals surface area (Å²) in [5.41, 5.74) is 5.75. The molecule has 0 atom stereocenters. The second-order valence-corrected chi connectivity index (χ2v) is 6.41. The van der Waals surface area contributed by atoms with Crippen molar-refractivity contribution in [3.05, 3.63) is 101 Å². The number of hydrogen-bond donors (Lipinski definition) is 1. The number of hydrogen-bond acceptors (Lipinski definition) is 5. The van der Waals surface area contributed by atoms with Gasteiger partial charge in [-0.3, -0.25) is 4.79 Å². The maximum Gasteiger partial charge on any atom is 0.271 e. The van der Waals surface area contributed by atoms with Crippen LogP contribution in [-0.2, 0) is 6.61 Å². The van der Waals surface area contributed by atoms with Crippen LogP contribution in [0.2, 0.25) is 0 Å². The molecular weight excluding hydrogens is 368 g/mol. The Labute approximate surface area is 168 Å². The zero-order chi connectivity index (χ0) is 20.6. The Hall–Kier alpha value is -3.93. The molecule has 29 heavy (non-hydrogen) atoms. The lowest BCUT2D eigenvalue weighted by atomic mass is 10.1. The fourth-order valence-electron chi connectivity index (χ4n) is 2.49. The summed E-state index contributed by atoms with van der Waals surface area (Å²) in [7, 11) is 0. The lowest BCUT2D eigenvalue weighted by Gasteiger charge is -2.07. The summed E-state index contributed by atoms with van der Waals surface area (Å²) in [6.45, 7) is 2.43. The third-order valence-corrected chi connectivity index (χ3v) is 4.17. The quantitative estimate of drug-likeness (QED) is 0.498. The fraction of sp³-hybridized carbons (Fsp3) is 0.0870. The summed E-state index contributed by atoms with van der Waals surface area (Å²) in [6.07, 6.45) is 1.43. The van der Waals surface area contributed by atoms with Gasteiger partial charge in [0, 0.05) is 5.56 Å². The Morgan fingerprint density at radius 1 is 0.931 bits per heavy atom. The van der Waals surface area contributed by atoms with E-state index in [-0.39, 0.29) is 11.5 Å². The van der Waals surface area contributed by atoms with E-state index in [1.165, 1.54) is 23.9 Å². The number of nitrogens with one attached hydrogen (secondary N) is 1. The molecule has 1 N–H and O–H groups in total. The van der Waals surface area contributed by atoms with E-state index < -0.39 is 5.97 Å².